The maximum absolute atomic E-state index is 5.79. The number of ether oxygens (including phenoxy) is 2. The van der Waals surface area contributed by atoms with Crippen LogP contribution in [0, 0.1) is 12.8 Å². The summed E-state index contributed by atoms with van der Waals surface area (Å²) in [7, 11) is 3.91. The Morgan fingerprint density at radius 2 is 2.00 bits per heavy atom. The minimum Gasteiger partial charge on any atom is -0.491 e. The fraction of sp³-hybridized carbons (Fsp3) is 0.625. The largest absolute Gasteiger partial charge is 0.491 e. The molecule has 1 aromatic rings. The van der Waals surface area contributed by atoms with E-state index in [-0.39, 0.29) is 0 Å². The average Bonchev–Trinajstić information content (AvgIpc) is 2.45. The molecule has 0 bridgehead atoms. The monoisotopic (exact) mass is 275 g/mol. The highest BCUT2D eigenvalue weighted by molar-refractivity contribution is 6.04. The van der Waals surface area contributed by atoms with E-state index >= 15 is 0 Å². The molecule has 4 heteroatoms. The van der Waals surface area contributed by atoms with E-state index in [4.69, 9.17) is 9.47 Å². The molecule has 0 aromatic heterocycles. The molecule has 0 atom stereocenters. The lowest BCUT2D eigenvalue weighted by Crippen LogP contribution is -2.32. The number of aryl methyl sites for hydroxylation is 1. The summed E-state index contributed by atoms with van der Waals surface area (Å²) in [4.78, 5) is 2.42. The molecular formula is C16H26BNO2. The molecule has 20 heavy (non-hydrogen) atoms. The van der Waals surface area contributed by atoms with Crippen molar-refractivity contribution in [1.82, 2.24) is 4.81 Å². The molecule has 2 rings (SSSR count). The predicted octanol–water partition coefficient (Wildman–Crippen LogP) is 1.82. The second kappa shape index (κ2) is 7.70. The van der Waals surface area contributed by atoms with Gasteiger partial charge in [0, 0.05) is 7.11 Å². The van der Waals surface area contributed by atoms with E-state index in [1.807, 2.05) is 0 Å². The third kappa shape index (κ3) is 4.53. The van der Waals surface area contributed by atoms with E-state index in [9.17, 15) is 0 Å². The Kier molecular flexibility index (Phi) is 5.93. The summed E-state index contributed by atoms with van der Waals surface area (Å²) in [6.45, 7) is 5.82. The quantitative estimate of drug-likeness (QED) is 0.584. The van der Waals surface area contributed by atoms with Gasteiger partial charge in [-0.3, -0.25) is 0 Å². The normalized spacial score (nSPS) is 17.3. The van der Waals surface area contributed by atoms with Crippen molar-refractivity contribution in [3.63, 3.8) is 0 Å². The number of methoxy groups -OCH3 is 1. The molecule has 0 saturated carbocycles. The van der Waals surface area contributed by atoms with E-state index in [0.29, 0.717) is 13.2 Å². The number of hydrogen-bond donors (Lipinski definition) is 0. The first-order valence-electron chi connectivity index (χ1n) is 7.59. The first-order chi connectivity index (χ1) is 9.69. The highest BCUT2D eigenvalue weighted by atomic mass is 16.5. The number of piperidine rings is 1. The molecule has 1 heterocycles. The first-order valence-corrected chi connectivity index (χ1v) is 7.59. The van der Waals surface area contributed by atoms with Crippen molar-refractivity contribution in [2.75, 3.05) is 33.4 Å². The van der Waals surface area contributed by atoms with Crippen molar-refractivity contribution >= 4 is 7.98 Å². The molecule has 0 spiro atoms. The summed E-state index contributed by atoms with van der Waals surface area (Å²) >= 11 is 0. The number of hydrogen-bond acceptors (Lipinski definition) is 3. The van der Waals surface area contributed by atoms with Gasteiger partial charge in [0.1, 0.15) is 12.4 Å². The van der Waals surface area contributed by atoms with Crippen LogP contribution in [0.25, 0.3) is 0 Å². The smallest absolute Gasteiger partial charge is 0.185 e. The van der Waals surface area contributed by atoms with E-state index in [0.717, 1.165) is 11.7 Å². The standard InChI is InChI=1S/C16H26BNO2/c1-13-3-4-15(12-16(13)20-10-9-19-2)11-14-5-7-18(17)8-6-14/h3-4,12,14H,5-11,17H2,1-2H3. The van der Waals surface area contributed by atoms with Crippen molar-refractivity contribution in [3.8, 4) is 5.75 Å². The van der Waals surface area contributed by atoms with Crippen molar-refractivity contribution in [1.29, 1.82) is 0 Å². The third-order valence-corrected chi connectivity index (χ3v) is 4.16. The van der Waals surface area contributed by atoms with Gasteiger partial charge < -0.3 is 14.3 Å². The lowest BCUT2D eigenvalue weighted by molar-refractivity contribution is 0.146. The molecule has 0 aliphatic carbocycles. The van der Waals surface area contributed by atoms with Gasteiger partial charge in [0.05, 0.1) is 6.61 Å². The van der Waals surface area contributed by atoms with E-state index < -0.39 is 0 Å². The zero-order chi connectivity index (χ0) is 14.4. The molecule has 1 saturated heterocycles. The van der Waals surface area contributed by atoms with E-state index in [1.165, 1.54) is 43.5 Å². The Morgan fingerprint density at radius 1 is 1.25 bits per heavy atom. The van der Waals surface area contributed by atoms with Crippen LogP contribution in [0.3, 0.4) is 0 Å². The van der Waals surface area contributed by atoms with Crippen LogP contribution in [0.4, 0.5) is 0 Å². The number of nitrogens with zero attached hydrogens (tertiary/aromatic N) is 1. The zero-order valence-corrected chi connectivity index (χ0v) is 13.0. The van der Waals surface area contributed by atoms with Crippen LogP contribution in [-0.2, 0) is 11.2 Å². The summed E-state index contributed by atoms with van der Waals surface area (Å²) in [6, 6.07) is 6.63. The second-order valence-corrected chi connectivity index (χ2v) is 5.89. The topological polar surface area (TPSA) is 21.7 Å². The first kappa shape index (κ1) is 15.4. The molecule has 0 N–H and O–H groups in total. The minimum atomic E-state index is 0.620. The number of rotatable bonds is 6. The lowest BCUT2D eigenvalue weighted by atomic mass is 9.89. The van der Waals surface area contributed by atoms with Crippen LogP contribution in [0.1, 0.15) is 24.0 Å². The van der Waals surface area contributed by atoms with Crippen molar-refractivity contribution < 1.29 is 9.47 Å². The van der Waals surface area contributed by atoms with Crippen molar-refractivity contribution in [2.24, 2.45) is 5.92 Å². The molecule has 0 unspecified atom stereocenters. The summed E-state index contributed by atoms with van der Waals surface area (Å²) in [5.74, 6) is 1.83. The van der Waals surface area contributed by atoms with Gasteiger partial charge in [0.15, 0.2) is 7.98 Å². The summed E-state index contributed by atoms with van der Waals surface area (Å²) in [5.41, 5.74) is 2.60. The second-order valence-electron chi connectivity index (χ2n) is 5.89. The molecule has 110 valence electrons. The molecule has 1 aromatic carbocycles. The van der Waals surface area contributed by atoms with Crippen molar-refractivity contribution in [3.05, 3.63) is 29.3 Å². The summed E-state index contributed by atoms with van der Waals surface area (Å²) < 4.78 is 10.8. The lowest BCUT2D eigenvalue weighted by Gasteiger charge is -2.29. The van der Waals surface area contributed by atoms with E-state index in [1.54, 1.807) is 7.11 Å². The Morgan fingerprint density at radius 3 is 2.70 bits per heavy atom. The highest BCUT2D eigenvalue weighted by Crippen LogP contribution is 2.25. The maximum Gasteiger partial charge on any atom is 0.185 e. The molecule has 0 radical (unpaired) electrons. The Hall–Kier alpha value is -0.995. The Labute approximate surface area is 123 Å². The van der Waals surface area contributed by atoms with Gasteiger partial charge in [-0.15, -0.1) is 0 Å². The van der Waals surface area contributed by atoms with Crippen LogP contribution >= 0.6 is 0 Å². The van der Waals surface area contributed by atoms with Gasteiger partial charge in [0.25, 0.3) is 0 Å². The van der Waals surface area contributed by atoms with Gasteiger partial charge in [-0.25, -0.2) is 0 Å². The minimum absolute atomic E-state index is 0.620. The average molecular weight is 275 g/mol. The maximum atomic E-state index is 5.79. The van der Waals surface area contributed by atoms with Crippen molar-refractivity contribution in [2.45, 2.75) is 26.2 Å². The molecule has 3 nitrogen and oxygen atoms in total. The third-order valence-electron chi connectivity index (χ3n) is 4.16. The predicted molar refractivity (Wildman–Crippen MR) is 85.1 cm³/mol. The van der Waals surface area contributed by atoms with Gasteiger partial charge in [0.2, 0.25) is 0 Å². The van der Waals surface area contributed by atoms with Crippen LogP contribution in [0.15, 0.2) is 18.2 Å². The fourth-order valence-corrected chi connectivity index (χ4v) is 2.76. The van der Waals surface area contributed by atoms with Gasteiger partial charge in [-0.05, 0) is 62.4 Å². The summed E-state index contributed by atoms with van der Waals surface area (Å²) in [6.07, 6.45) is 3.79. The van der Waals surface area contributed by atoms with Gasteiger partial charge in [-0.1, -0.05) is 12.1 Å². The molecule has 1 aliphatic heterocycles. The number of benzene rings is 1. The Balaban J connectivity index is 1.92. The molecule has 1 aliphatic rings. The highest BCUT2D eigenvalue weighted by Gasteiger charge is 2.17. The van der Waals surface area contributed by atoms with E-state index in [2.05, 4.69) is 37.9 Å². The van der Waals surface area contributed by atoms with Gasteiger partial charge >= 0.3 is 0 Å². The fourth-order valence-electron chi connectivity index (χ4n) is 2.76. The zero-order valence-electron chi connectivity index (χ0n) is 13.0. The SMILES string of the molecule is BN1CCC(Cc2ccc(C)c(OCCOC)c2)CC1. The molecular weight excluding hydrogens is 249 g/mol. The Bertz CT molecular complexity index is 417. The molecule has 1 fully saturated rings. The van der Waals surface area contributed by atoms with Gasteiger partial charge in [-0.2, -0.15) is 0 Å². The summed E-state index contributed by atoms with van der Waals surface area (Å²) in [5, 5.41) is 0. The molecule has 0 amide bonds. The van der Waals surface area contributed by atoms with Crippen LogP contribution < -0.4 is 4.74 Å². The van der Waals surface area contributed by atoms with Crippen LogP contribution in [0.5, 0.6) is 5.75 Å². The van der Waals surface area contributed by atoms with Crippen LogP contribution in [0.2, 0.25) is 0 Å². The van der Waals surface area contributed by atoms with Crippen LogP contribution in [-0.4, -0.2) is 46.2 Å².